The maximum atomic E-state index is 12.3. The fourth-order valence-corrected chi connectivity index (χ4v) is 27.8. The van der Waals surface area contributed by atoms with Crippen molar-refractivity contribution >= 4 is 105 Å². The summed E-state index contributed by atoms with van der Waals surface area (Å²) in [7, 11) is -1.57. The summed E-state index contributed by atoms with van der Waals surface area (Å²) in [4.78, 5) is 21.7. The number of pyridine rings is 3. The minimum absolute atomic E-state index is 0. The summed E-state index contributed by atoms with van der Waals surface area (Å²) >= 11 is 3.40. The number of aromatic nitrogens is 5. The molecular formula is C116H119F6Ir2N7O6P2Rh2S2. The van der Waals surface area contributed by atoms with E-state index in [-0.39, 0.29) is 101 Å². The standard InChI is InChI=1S/C26H24P2.C23H27N2S.C20H21N2O.C20H21NO3.C19H19NOS.C8H5F6NO.2Ir.2Rh/c1-5-13-23(14-6-1)27(24-15-7-2-8-16-24)21-22-28(25-17-9-3-10-18-25)26-19-11-4-12-20-26;1-22(2,23(3)12-6-4-7-13-23)17-10-11-19-20(15-17)26-21(25-19)16-18-9-5-8-14-24-18;1-20(9-3-4-10-20)14-15-7-8-17-18(12-15)23-19(22-17)13-16-6-2-5-11-21-16;1-20(6-8-23-9-7-20)12-14-10-16(15-4-2-3-5-17(15)22)19-18(11-14)24-13-21-19;1-19(9-2-3-10-19)13-7-8-16(21)15(11-13)14-5-4-6-17-18(14)20-12-22-17;9-7(10,11)6(16,8(12,13)14)5-3-1-2-4-15-5;;;;/h1-20H,21-22H2;5,8-11,14-16H,4,6-7,12-13H2,1-3H3;2,5-8,11-13H,3-4,9-10,14H2,1H3;2-5,10-11,13,22H,6-9,12H2,1H3;4-8,11-12,21H,2-3,9-10H2,1H3;1-4,16H;;;;/q;2*-1;;;;;;;/p+2. The van der Waals surface area contributed by atoms with Gasteiger partial charge in [-0.1, -0.05) is 249 Å². The molecular weight excluding hydrogens is 2420 g/mol. The summed E-state index contributed by atoms with van der Waals surface area (Å²) in [6, 6.07) is 96.0. The third kappa shape index (κ3) is 28.0. The number of aliphatic hydroxyl groups is 1. The second-order valence-electron chi connectivity index (χ2n) is 38.6. The van der Waals surface area contributed by atoms with Gasteiger partial charge in [-0.3, -0.25) is 15.0 Å². The average Bonchev–Trinajstić information content (AvgIpc) is 1.57. The Bertz CT molecular complexity index is 6470. The minimum Gasteiger partial charge on any atom is -0.651 e. The van der Waals surface area contributed by atoms with Gasteiger partial charge in [0.2, 0.25) is 0 Å². The third-order valence-electron chi connectivity index (χ3n) is 28.5. The van der Waals surface area contributed by atoms with Crippen molar-refractivity contribution in [1.82, 2.24) is 24.9 Å². The van der Waals surface area contributed by atoms with E-state index >= 15 is 0 Å². The monoisotopic (exact) mass is 2540 g/mol. The van der Waals surface area contributed by atoms with Crippen LogP contribution in [-0.2, 0) is 113 Å². The Kier molecular flexibility index (Phi) is 40.0. The summed E-state index contributed by atoms with van der Waals surface area (Å²) in [5, 5.41) is 45.9. The maximum Gasteiger partial charge on any atom is 0.432 e. The molecule has 3 saturated carbocycles. The van der Waals surface area contributed by atoms with Gasteiger partial charge < -0.3 is 39.8 Å². The third-order valence-corrected chi connectivity index (χ3v) is 36.3. The smallest absolute Gasteiger partial charge is 0.432 e. The van der Waals surface area contributed by atoms with Crippen LogP contribution in [0.3, 0.4) is 0 Å². The van der Waals surface area contributed by atoms with E-state index in [9.17, 15) is 36.6 Å². The summed E-state index contributed by atoms with van der Waals surface area (Å²) in [6.45, 7) is 16.1. The van der Waals surface area contributed by atoms with Crippen LogP contribution < -0.4 is 26.0 Å². The number of benzene rings is 10. The number of hydrogen-bond acceptors (Lipinski definition) is 13. The molecule has 6 aliphatic rings. The molecule has 3 aliphatic carbocycles. The first-order chi connectivity index (χ1) is 67.0. The molecule has 5 aromatic heterocycles. The number of oxazole rings is 1. The van der Waals surface area contributed by atoms with Crippen molar-refractivity contribution in [1.29, 1.82) is 0 Å². The van der Waals surface area contributed by atoms with E-state index in [1.807, 2.05) is 84.5 Å². The Hall–Kier alpha value is -9.25. The molecule has 4 radical (unpaired) electrons. The molecule has 0 unspecified atom stereocenters. The summed E-state index contributed by atoms with van der Waals surface area (Å²) < 4.78 is 91.8. The Balaban J connectivity index is 0.000000153. The Morgan fingerprint density at radius 3 is 1.53 bits per heavy atom. The number of alkyl halides is 6. The number of ether oxygens (including phenoxy) is 2. The normalized spacial score (nSPS) is 16.2. The van der Waals surface area contributed by atoms with Gasteiger partial charge in [-0.15, -0.1) is 28.8 Å². The minimum atomic E-state index is -5.89. The van der Waals surface area contributed by atoms with E-state index < -0.39 is 39.5 Å². The van der Waals surface area contributed by atoms with E-state index in [1.54, 1.807) is 35.4 Å². The Morgan fingerprint density at radius 2 is 0.965 bits per heavy atom. The fraction of sp³-hybridized carbons (Fsp3) is 0.302. The van der Waals surface area contributed by atoms with E-state index in [4.69, 9.17) is 24.3 Å². The predicted molar refractivity (Wildman–Crippen MR) is 561 cm³/mol. The predicted octanol–water partition coefficient (Wildman–Crippen LogP) is 30.2. The number of para-hydroxylation sites is 2. The molecule has 3 aliphatic heterocycles. The first kappa shape index (κ1) is 112. The first-order valence-corrected chi connectivity index (χ1v) is 53.0. The zero-order valence-corrected chi connectivity index (χ0v) is 92.3. The molecule has 0 amide bonds. The topological polar surface area (TPSA) is 185 Å². The number of aromatic hydroxyl groups is 2. The number of halogens is 6. The van der Waals surface area contributed by atoms with E-state index in [0.29, 0.717) is 28.5 Å². The number of thioether (sulfide) groups is 1. The van der Waals surface area contributed by atoms with E-state index in [1.165, 1.54) is 151 Å². The van der Waals surface area contributed by atoms with Gasteiger partial charge >= 0.3 is 12.4 Å². The van der Waals surface area contributed by atoms with Crippen LogP contribution >= 0.6 is 38.9 Å². The maximum absolute atomic E-state index is 12.3. The second kappa shape index (κ2) is 50.9. The molecule has 13 nitrogen and oxygen atoms in total. The SMILES string of the molecule is CC1(C(C)(C)c2ccc3c(c2)SC(=Cc2ccccn2)[N-]3)CCCCC1.CC1(Cc2cc(-c3ccccc3O)c3ncoc3c2)CCOCC1.CC1(Cc2ccc3c(c2)OC(=Cc2ccccn2)[N-]3)CCCC1.CC1(c2ccc(O)c(-c3cccc4scnc34)c2)CCCC1.OC(c1ccccn1)(C(F)(F)F)C(F)(F)F.[Ir].[Ir].[Rh].[Rh].c1ccc([PH+](CC[PH+](c2ccccc2)c2ccccc2)c2ccccc2)cc1. The van der Waals surface area contributed by atoms with Crippen LogP contribution in [0.1, 0.15) is 177 Å². The first-order valence-electron chi connectivity index (χ1n) is 47.9. The van der Waals surface area contributed by atoms with Crippen molar-refractivity contribution in [2.75, 3.05) is 25.5 Å². The van der Waals surface area contributed by atoms with Crippen LogP contribution in [0.2, 0.25) is 0 Å². The van der Waals surface area contributed by atoms with Gasteiger partial charge in [-0.2, -0.15) is 26.3 Å². The number of fused-ring (bicyclic) bond motifs is 4. The largest absolute Gasteiger partial charge is 0.651 e. The molecule has 0 atom stereocenters. The molecule has 3 N–H and O–H groups in total. The van der Waals surface area contributed by atoms with E-state index in [2.05, 4.69) is 272 Å². The Labute approximate surface area is 898 Å². The van der Waals surface area contributed by atoms with Crippen LogP contribution in [-0.4, -0.2) is 78.1 Å². The van der Waals surface area contributed by atoms with Crippen LogP contribution in [0.25, 0.3) is 66.4 Å². The van der Waals surface area contributed by atoms with Gasteiger partial charge in [-0.25, -0.2) is 9.97 Å². The Morgan fingerprint density at radius 1 is 0.448 bits per heavy atom. The van der Waals surface area contributed by atoms with E-state index in [0.717, 1.165) is 134 Å². The average molecular weight is 2540 g/mol. The molecule has 0 spiro atoms. The number of phenolic OH excluding ortho intramolecular Hbond substituents is 2. The van der Waals surface area contributed by atoms with Crippen molar-refractivity contribution in [2.45, 2.75) is 184 Å². The summed E-state index contributed by atoms with van der Waals surface area (Å²) in [5.74, 6) is 2.08. The van der Waals surface area contributed by atoms with Gasteiger partial charge in [0, 0.05) is 139 Å². The van der Waals surface area contributed by atoms with Gasteiger partial charge in [0.05, 0.1) is 69.9 Å². The van der Waals surface area contributed by atoms with Gasteiger partial charge in [-0.05, 0) is 264 Å². The summed E-state index contributed by atoms with van der Waals surface area (Å²) in [6.07, 6.45) is 22.0. The number of nitrogens with zero attached hydrogens (tertiary/aromatic N) is 7. The van der Waals surface area contributed by atoms with Crippen molar-refractivity contribution in [2.24, 2.45) is 16.2 Å². The van der Waals surface area contributed by atoms with Gasteiger partial charge in [0.15, 0.2) is 12.0 Å². The summed E-state index contributed by atoms with van der Waals surface area (Å²) in [5.41, 5.74) is 12.3. The van der Waals surface area contributed by atoms with Crippen molar-refractivity contribution in [3.63, 3.8) is 0 Å². The molecule has 8 heterocycles. The molecule has 15 aromatic rings. The zero-order valence-electron chi connectivity index (χ0n) is 80.6. The number of hydrogen-bond donors (Lipinski definition) is 3. The quantitative estimate of drug-likeness (QED) is 0.0396. The molecule has 4 fully saturated rings. The van der Waals surface area contributed by atoms with Crippen LogP contribution in [0.15, 0.2) is 336 Å². The van der Waals surface area contributed by atoms with Gasteiger partial charge in [0.1, 0.15) is 35.1 Å². The molecule has 0 bridgehead atoms. The molecule has 21 rings (SSSR count). The molecule has 754 valence electrons. The van der Waals surface area contributed by atoms with Gasteiger partial charge in [0.25, 0.3) is 5.60 Å². The van der Waals surface area contributed by atoms with Crippen LogP contribution in [0.4, 0.5) is 37.7 Å². The fourth-order valence-electron chi connectivity index (χ4n) is 19.9. The number of thiazole rings is 1. The molecule has 27 heteroatoms. The van der Waals surface area contributed by atoms with Crippen molar-refractivity contribution in [3.05, 3.63) is 376 Å². The molecule has 10 aromatic carbocycles. The van der Waals surface area contributed by atoms with Crippen LogP contribution in [0, 0.1) is 16.2 Å². The van der Waals surface area contributed by atoms with Crippen LogP contribution in [0.5, 0.6) is 17.2 Å². The second-order valence-corrected chi connectivity index (χ2v) is 45.8. The van der Waals surface area contributed by atoms with Crippen molar-refractivity contribution in [3.8, 4) is 39.5 Å². The number of rotatable bonds is 19. The zero-order chi connectivity index (χ0) is 97.3. The molecule has 1 saturated heterocycles. The number of phenols is 2. The molecule has 143 heavy (non-hydrogen) atoms. The van der Waals surface area contributed by atoms with Crippen molar-refractivity contribution < 1.29 is 135 Å².